The zero-order valence-electron chi connectivity index (χ0n) is 13.2. The van der Waals surface area contributed by atoms with E-state index < -0.39 is 0 Å². The number of nitrogens with two attached hydrogens (primary N) is 1. The molecule has 0 aromatic heterocycles. The Morgan fingerprint density at radius 3 is 1.90 bits per heavy atom. The minimum Gasteiger partial charge on any atom is -0.494 e. The SMILES string of the molecule is CCCN.CCCOc1ccc(Cc2ccccc2)cc1. The maximum atomic E-state index is 5.56. The molecule has 0 aliphatic heterocycles. The maximum Gasteiger partial charge on any atom is 0.119 e. The molecular weight excluding hydrogens is 258 g/mol. The van der Waals surface area contributed by atoms with Crippen LogP contribution in [0.5, 0.6) is 5.75 Å². The lowest BCUT2D eigenvalue weighted by atomic mass is 10.1. The zero-order chi connectivity index (χ0) is 15.3. The van der Waals surface area contributed by atoms with Gasteiger partial charge in [0.25, 0.3) is 0 Å². The number of ether oxygens (including phenoxy) is 1. The highest BCUT2D eigenvalue weighted by Gasteiger charge is 1.97. The van der Waals surface area contributed by atoms with Crippen molar-refractivity contribution < 1.29 is 4.74 Å². The van der Waals surface area contributed by atoms with Crippen molar-refractivity contribution in [3.8, 4) is 5.75 Å². The Balaban J connectivity index is 0.000000491. The first-order valence-corrected chi connectivity index (χ1v) is 7.75. The topological polar surface area (TPSA) is 35.2 Å². The van der Waals surface area contributed by atoms with Gasteiger partial charge in [-0.3, -0.25) is 0 Å². The molecule has 0 amide bonds. The first kappa shape index (κ1) is 17.3. The second-order valence-electron chi connectivity index (χ2n) is 4.94. The monoisotopic (exact) mass is 285 g/mol. The lowest BCUT2D eigenvalue weighted by Gasteiger charge is -2.06. The molecule has 114 valence electrons. The van der Waals surface area contributed by atoms with Gasteiger partial charge in [0.05, 0.1) is 6.61 Å². The molecule has 2 aromatic rings. The fraction of sp³-hybridized carbons (Fsp3) is 0.368. The van der Waals surface area contributed by atoms with Crippen LogP contribution in [-0.2, 0) is 6.42 Å². The first-order chi connectivity index (χ1) is 10.3. The fourth-order valence-corrected chi connectivity index (χ4v) is 1.76. The predicted octanol–water partition coefficient (Wildman–Crippen LogP) is 4.42. The van der Waals surface area contributed by atoms with E-state index in [0.29, 0.717) is 0 Å². The summed E-state index contributed by atoms with van der Waals surface area (Å²) < 4.78 is 5.56. The van der Waals surface area contributed by atoms with Crippen LogP contribution >= 0.6 is 0 Å². The van der Waals surface area contributed by atoms with Crippen LogP contribution in [0.3, 0.4) is 0 Å². The molecule has 0 aliphatic rings. The Morgan fingerprint density at radius 2 is 1.38 bits per heavy atom. The van der Waals surface area contributed by atoms with Gasteiger partial charge in [0.2, 0.25) is 0 Å². The van der Waals surface area contributed by atoms with Gasteiger partial charge in [0.1, 0.15) is 5.75 Å². The summed E-state index contributed by atoms with van der Waals surface area (Å²) in [6.07, 6.45) is 3.13. The van der Waals surface area contributed by atoms with Crippen LogP contribution in [0.4, 0.5) is 0 Å². The fourth-order valence-electron chi connectivity index (χ4n) is 1.76. The highest BCUT2D eigenvalue weighted by molar-refractivity contribution is 5.31. The normalized spacial score (nSPS) is 9.67. The van der Waals surface area contributed by atoms with Crippen LogP contribution in [0.15, 0.2) is 54.6 Å². The molecule has 0 spiro atoms. The molecule has 2 heteroatoms. The minimum absolute atomic E-state index is 0.790. The molecule has 21 heavy (non-hydrogen) atoms. The third-order valence-electron chi connectivity index (χ3n) is 2.94. The predicted molar refractivity (Wildman–Crippen MR) is 90.8 cm³/mol. The minimum atomic E-state index is 0.790. The van der Waals surface area contributed by atoms with E-state index in [1.54, 1.807) is 0 Å². The molecule has 0 atom stereocenters. The van der Waals surface area contributed by atoms with Crippen molar-refractivity contribution in [2.75, 3.05) is 13.2 Å². The molecule has 0 heterocycles. The molecule has 2 nitrogen and oxygen atoms in total. The maximum absolute atomic E-state index is 5.56. The average Bonchev–Trinajstić information content (AvgIpc) is 2.55. The van der Waals surface area contributed by atoms with E-state index in [4.69, 9.17) is 10.5 Å². The molecule has 0 aliphatic carbocycles. The van der Waals surface area contributed by atoms with Crippen LogP contribution < -0.4 is 10.5 Å². The lowest BCUT2D eigenvalue weighted by Crippen LogP contribution is -1.95. The van der Waals surface area contributed by atoms with Crippen LogP contribution in [-0.4, -0.2) is 13.2 Å². The number of hydrogen-bond donors (Lipinski definition) is 1. The Hall–Kier alpha value is -1.80. The van der Waals surface area contributed by atoms with Gasteiger partial charge in [0, 0.05) is 0 Å². The molecule has 2 aromatic carbocycles. The average molecular weight is 285 g/mol. The molecule has 0 fully saturated rings. The molecular formula is C19H27NO. The second kappa shape index (κ2) is 10.9. The van der Waals surface area contributed by atoms with E-state index in [-0.39, 0.29) is 0 Å². The summed E-state index contributed by atoms with van der Waals surface area (Å²) in [6, 6.07) is 18.9. The second-order valence-corrected chi connectivity index (χ2v) is 4.94. The summed E-state index contributed by atoms with van der Waals surface area (Å²) in [5.74, 6) is 0.962. The summed E-state index contributed by atoms with van der Waals surface area (Å²) in [6.45, 7) is 5.78. The van der Waals surface area contributed by atoms with E-state index in [2.05, 4.69) is 50.2 Å². The van der Waals surface area contributed by atoms with Gasteiger partial charge in [0.15, 0.2) is 0 Å². The van der Waals surface area contributed by atoms with E-state index >= 15 is 0 Å². The van der Waals surface area contributed by atoms with Crippen LogP contribution in [0.2, 0.25) is 0 Å². The van der Waals surface area contributed by atoms with Crippen molar-refractivity contribution in [1.82, 2.24) is 0 Å². The molecule has 2 N–H and O–H groups in total. The third-order valence-corrected chi connectivity index (χ3v) is 2.94. The van der Waals surface area contributed by atoms with E-state index in [1.165, 1.54) is 11.1 Å². The van der Waals surface area contributed by atoms with E-state index in [1.807, 2.05) is 18.2 Å². The smallest absolute Gasteiger partial charge is 0.119 e. The molecule has 0 radical (unpaired) electrons. The van der Waals surface area contributed by atoms with Crippen molar-refractivity contribution in [2.24, 2.45) is 5.73 Å². The summed E-state index contributed by atoms with van der Waals surface area (Å²) >= 11 is 0. The van der Waals surface area contributed by atoms with Crippen LogP contribution in [0, 0.1) is 0 Å². The van der Waals surface area contributed by atoms with Crippen LogP contribution in [0.25, 0.3) is 0 Å². The number of benzene rings is 2. The van der Waals surface area contributed by atoms with Crippen molar-refractivity contribution in [1.29, 1.82) is 0 Å². The standard InChI is InChI=1S/C16H18O.C3H9N/c1-2-12-17-16-10-8-15(9-11-16)13-14-6-4-3-5-7-14;1-2-3-4/h3-11H,2,12-13H2,1H3;2-4H2,1H3. The van der Waals surface area contributed by atoms with Crippen molar-refractivity contribution in [2.45, 2.75) is 33.1 Å². The lowest BCUT2D eigenvalue weighted by molar-refractivity contribution is 0.317. The summed E-state index contributed by atoms with van der Waals surface area (Å²) in [5.41, 5.74) is 7.69. The Labute approximate surface area is 129 Å². The summed E-state index contributed by atoms with van der Waals surface area (Å²) in [5, 5.41) is 0. The Kier molecular flexibility index (Phi) is 8.98. The van der Waals surface area contributed by atoms with Crippen LogP contribution in [0.1, 0.15) is 37.8 Å². The number of rotatable bonds is 6. The Bertz CT molecular complexity index is 463. The van der Waals surface area contributed by atoms with Gasteiger partial charge in [-0.1, -0.05) is 56.3 Å². The summed E-state index contributed by atoms with van der Waals surface area (Å²) in [7, 11) is 0. The van der Waals surface area contributed by atoms with E-state index in [9.17, 15) is 0 Å². The molecule has 0 saturated carbocycles. The first-order valence-electron chi connectivity index (χ1n) is 7.75. The quantitative estimate of drug-likeness (QED) is 0.852. The van der Waals surface area contributed by atoms with Gasteiger partial charge in [-0.2, -0.15) is 0 Å². The zero-order valence-corrected chi connectivity index (χ0v) is 13.2. The Morgan fingerprint density at radius 1 is 0.810 bits per heavy atom. The van der Waals surface area contributed by atoms with E-state index in [0.717, 1.165) is 38.2 Å². The molecule has 0 unspecified atom stereocenters. The largest absolute Gasteiger partial charge is 0.494 e. The summed E-state index contributed by atoms with van der Waals surface area (Å²) in [4.78, 5) is 0. The molecule has 0 bridgehead atoms. The highest BCUT2D eigenvalue weighted by Crippen LogP contribution is 2.15. The van der Waals surface area contributed by atoms with Gasteiger partial charge in [-0.25, -0.2) is 0 Å². The van der Waals surface area contributed by atoms with Gasteiger partial charge in [-0.05, 0) is 49.1 Å². The third kappa shape index (κ3) is 7.52. The molecule has 0 saturated heterocycles. The van der Waals surface area contributed by atoms with Crippen molar-refractivity contribution in [3.63, 3.8) is 0 Å². The number of hydrogen-bond acceptors (Lipinski definition) is 2. The van der Waals surface area contributed by atoms with Gasteiger partial charge >= 0.3 is 0 Å². The van der Waals surface area contributed by atoms with Crippen molar-refractivity contribution in [3.05, 3.63) is 65.7 Å². The highest BCUT2D eigenvalue weighted by atomic mass is 16.5. The molecule has 2 rings (SSSR count). The van der Waals surface area contributed by atoms with Gasteiger partial charge < -0.3 is 10.5 Å². The van der Waals surface area contributed by atoms with Gasteiger partial charge in [-0.15, -0.1) is 0 Å². The van der Waals surface area contributed by atoms with Crippen molar-refractivity contribution >= 4 is 0 Å².